The molecule has 0 aromatic carbocycles. The van der Waals surface area contributed by atoms with Crippen LogP contribution in [-0.4, -0.2) is 43.3 Å². The van der Waals surface area contributed by atoms with Gasteiger partial charge in [-0.15, -0.1) is 0 Å². The van der Waals surface area contributed by atoms with E-state index in [1.165, 1.54) is 0 Å². The summed E-state index contributed by atoms with van der Waals surface area (Å²) in [5.74, 6) is 1.06. The van der Waals surface area contributed by atoms with E-state index >= 15 is 0 Å². The van der Waals surface area contributed by atoms with Crippen molar-refractivity contribution < 1.29 is 9.53 Å². The van der Waals surface area contributed by atoms with Gasteiger partial charge in [0.15, 0.2) is 0 Å². The van der Waals surface area contributed by atoms with Crippen LogP contribution in [0.1, 0.15) is 34.1 Å². The van der Waals surface area contributed by atoms with Crippen LogP contribution in [-0.2, 0) is 9.53 Å². The van der Waals surface area contributed by atoms with E-state index in [-0.39, 0.29) is 18.1 Å². The average Bonchev–Trinajstić information content (AvgIpc) is 2.57. The molecule has 1 aliphatic heterocycles. The summed E-state index contributed by atoms with van der Waals surface area (Å²) in [7, 11) is 1.70. The molecule has 1 N–H and O–H groups in total. The summed E-state index contributed by atoms with van der Waals surface area (Å²) >= 11 is 0. The number of methoxy groups -OCH3 is 1. The molecule has 0 aromatic heterocycles. The molecule has 4 nitrogen and oxygen atoms in total. The molecule has 0 aromatic rings. The van der Waals surface area contributed by atoms with Gasteiger partial charge in [0.2, 0.25) is 5.91 Å². The Morgan fingerprint density at radius 2 is 2.06 bits per heavy atom. The third-order valence-corrected chi connectivity index (χ3v) is 3.29. The van der Waals surface area contributed by atoms with Crippen molar-refractivity contribution in [2.24, 2.45) is 11.8 Å². The highest BCUT2D eigenvalue weighted by Crippen LogP contribution is 2.20. The molecule has 1 amide bonds. The number of hydrogen-bond donors (Lipinski definition) is 1. The quantitative estimate of drug-likeness (QED) is 0.766. The Morgan fingerprint density at radius 1 is 1.41 bits per heavy atom. The number of rotatable bonds is 6. The van der Waals surface area contributed by atoms with Crippen LogP contribution in [0.4, 0.5) is 0 Å². The van der Waals surface area contributed by atoms with Crippen molar-refractivity contribution in [2.45, 2.75) is 46.3 Å². The molecule has 1 rings (SSSR count). The van der Waals surface area contributed by atoms with Crippen molar-refractivity contribution in [3.63, 3.8) is 0 Å². The van der Waals surface area contributed by atoms with Crippen LogP contribution in [0.15, 0.2) is 0 Å². The SMILES string of the molecule is CCC1NC(C(C)C)N(CC(C)COC)C1=O. The minimum Gasteiger partial charge on any atom is -0.384 e. The summed E-state index contributed by atoms with van der Waals surface area (Å²) in [5.41, 5.74) is 0. The highest BCUT2D eigenvalue weighted by molar-refractivity contribution is 5.84. The topological polar surface area (TPSA) is 41.6 Å². The second-order valence-corrected chi connectivity index (χ2v) is 5.37. The van der Waals surface area contributed by atoms with Gasteiger partial charge in [-0.25, -0.2) is 0 Å². The molecule has 17 heavy (non-hydrogen) atoms. The molecular weight excluding hydrogens is 216 g/mol. The van der Waals surface area contributed by atoms with E-state index in [1.54, 1.807) is 7.11 Å². The Balaban J connectivity index is 2.68. The zero-order chi connectivity index (χ0) is 13.0. The van der Waals surface area contributed by atoms with Gasteiger partial charge in [0.05, 0.1) is 18.8 Å². The van der Waals surface area contributed by atoms with Crippen molar-refractivity contribution in [2.75, 3.05) is 20.3 Å². The lowest BCUT2D eigenvalue weighted by Gasteiger charge is -2.29. The van der Waals surface area contributed by atoms with Crippen molar-refractivity contribution in [3.05, 3.63) is 0 Å². The van der Waals surface area contributed by atoms with Crippen molar-refractivity contribution >= 4 is 5.91 Å². The first-order chi connectivity index (χ1) is 8.01. The van der Waals surface area contributed by atoms with E-state index in [9.17, 15) is 4.79 Å². The molecule has 1 aliphatic rings. The predicted octanol–water partition coefficient (Wildman–Crippen LogP) is 1.46. The summed E-state index contributed by atoms with van der Waals surface area (Å²) in [6, 6.07) is -0.00264. The maximum Gasteiger partial charge on any atom is 0.241 e. The van der Waals surface area contributed by atoms with Crippen LogP contribution in [0.5, 0.6) is 0 Å². The molecule has 100 valence electrons. The molecule has 1 heterocycles. The van der Waals surface area contributed by atoms with Crippen LogP contribution in [0.2, 0.25) is 0 Å². The minimum atomic E-state index is -0.00264. The van der Waals surface area contributed by atoms with E-state index in [1.807, 2.05) is 4.90 Å². The second-order valence-electron chi connectivity index (χ2n) is 5.37. The van der Waals surface area contributed by atoms with Gasteiger partial charge < -0.3 is 9.64 Å². The summed E-state index contributed by atoms with van der Waals surface area (Å²) in [6.45, 7) is 9.95. The number of ether oxygens (including phenoxy) is 1. The molecule has 0 saturated carbocycles. The third kappa shape index (κ3) is 3.42. The van der Waals surface area contributed by atoms with Gasteiger partial charge in [-0.05, 0) is 18.3 Å². The Bertz CT molecular complexity index is 256. The first kappa shape index (κ1) is 14.5. The van der Waals surface area contributed by atoms with E-state index < -0.39 is 0 Å². The Hall–Kier alpha value is -0.610. The lowest BCUT2D eigenvalue weighted by Crippen LogP contribution is -2.43. The van der Waals surface area contributed by atoms with Crippen LogP contribution in [0.25, 0.3) is 0 Å². The maximum absolute atomic E-state index is 12.2. The van der Waals surface area contributed by atoms with Crippen LogP contribution < -0.4 is 5.32 Å². The molecule has 0 spiro atoms. The molecule has 3 atom stereocenters. The minimum absolute atomic E-state index is 0.00264. The number of amides is 1. The van der Waals surface area contributed by atoms with Gasteiger partial charge in [-0.1, -0.05) is 27.7 Å². The van der Waals surface area contributed by atoms with E-state index in [0.29, 0.717) is 18.4 Å². The molecule has 1 saturated heterocycles. The number of carbonyl (C=O) groups is 1. The van der Waals surface area contributed by atoms with E-state index in [0.717, 1.165) is 13.0 Å². The van der Waals surface area contributed by atoms with Crippen molar-refractivity contribution in [1.29, 1.82) is 0 Å². The molecule has 1 fully saturated rings. The summed E-state index contributed by atoms with van der Waals surface area (Å²) in [4.78, 5) is 14.2. The fourth-order valence-corrected chi connectivity index (χ4v) is 2.43. The first-order valence-corrected chi connectivity index (χ1v) is 6.56. The first-order valence-electron chi connectivity index (χ1n) is 6.56. The number of nitrogens with one attached hydrogen (secondary N) is 1. The normalized spacial score (nSPS) is 26.9. The smallest absolute Gasteiger partial charge is 0.241 e. The fraction of sp³-hybridized carbons (Fsp3) is 0.923. The van der Waals surface area contributed by atoms with E-state index in [4.69, 9.17) is 4.74 Å². The Kier molecular flexibility index (Phi) is 5.40. The summed E-state index contributed by atoms with van der Waals surface area (Å²) in [6.07, 6.45) is 1.03. The van der Waals surface area contributed by atoms with Gasteiger partial charge in [0, 0.05) is 13.7 Å². The molecule has 4 heteroatoms. The molecule has 0 radical (unpaired) electrons. The molecular formula is C13H26N2O2. The summed E-state index contributed by atoms with van der Waals surface area (Å²) in [5, 5.41) is 3.42. The van der Waals surface area contributed by atoms with E-state index in [2.05, 4.69) is 33.0 Å². The van der Waals surface area contributed by atoms with Crippen molar-refractivity contribution in [3.8, 4) is 0 Å². The lowest BCUT2D eigenvalue weighted by atomic mass is 10.1. The largest absolute Gasteiger partial charge is 0.384 e. The zero-order valence-electron chi connectivity index (χ0n) is 11.7. The predicted molar refractivity (Wildman–Crippen MR) is 68.6 cm³/mol. The molecule has 0 aliphatic carbocycles. The summed E-state index contributed by atoms with van der Waals surface area (Å²) < 4.78 is 5.14. The molecule has 0 bridgehead atoms. The van der Waals surface area contributed by atoms with Crippen LogP contribution in [0.3, 0.4) is 0 Å². The zero-order valence-corrected chi connectivity index (χ0v) is 11.7. The van der Waals surface area contributed by atoms with Gasteiger partial charge in [0.25, 0.3) is 0 Å². The number of carbonyl (C=O) groups excluding carboxylic acids is 1. The van der Waals surface area contributed by atoms with Gasteiger partial charge >= 0.3 is 0 Å². The fourth-order valence-electron chi connectivity index (χ4n) is 2.43. The van der Waals surface area contributed by atoms with Crippen LogP contribution >= 0.6 is 0 Å². The second kappa shape index (κ2) is 6.36. The third-order valence-electron chi connectivity index (χ3n) is 3.29. The monoisotopic (exact) mass is 242 g/mol. The van der Waals surface area contributed by atoms with Gasteiger partial charge in [0.1, 0.15) is 0 Å². The Morgan fingerprint density at radius 3 is 2.53 bits per heavy atom. The lowest BCUT2D eigenvalue weighted by molar-refractivity contribution is -0.131. The van der Waals surface area contributed by atoms with Gasteiger partial charge in [-0.2, -0.15) is 0 Å². The number of nitrogens with zero attached hydrogens (tertiary/aromatic N) is 1. The number of hydrogen-bond acceptors (Lipinski definition) is 3. The maximum atomic E-state index is 12.2. The van der Waals surface area contributed by atoms with Gasteiger partial charge in [-0.3, -0.25) is 10.1 Å². The van der Waals surface area contributed by atoms with Crippen LogP contribution in [0, 0.1) is 11.8 Å². The van der Waals surface area contributed by atoms with Crippen molar-refractivity contribution in [1.82, 2.24) is 10.2 Å². The highest BCUT2D eigenvalue weighted by Gasteiger charge is 2.39. The standard InChI is InChI=1S/C13H26N2O2/c1-6-11-13(16)15(7-10(4)8-17-5)12(14-11)9(2)3/h9-12,14H,6-8H2,1-5H3. The Labute approximate surface area is 105 Å². The highest BCUT2D eigenvalue weighted by atomic mass is 16.5. The average molecular weight is 242 g/mol. The molecule has 3 unspecified atom stereocenters.